The van der Waals surface area contributed by atoms with E-state index in [1.807, 2.05) is 26.0 Å². The summed E-state index contributed by atoms with van der Waals surface area (Å²) >= 11 is 0. The molecule has 4 unspecified atom stereocenters. The highest BCUT2D eigenvalue weighted by molar-refractivity contribution is 5.88. The number of carbonyl (C=O) groups excluding carboxylic acids is 3. The zero-order valence-corrected chi connectivity index (χ0v) is 21.5. The first-order valence-corrected chi connectivity index (χ1v) is 13.1. The van der Waals surface area contributed by atoms with Gasteiger partial charge in [0.1, 0.15) is 17.2 Å². The summed E-state index contributed by atoms with van der Waals surface area (Å²) in [6.45, 7) is 7.79. The largest absolute Gasteiger partial charge is 0.481 e. The predicted octanol–water partition coefficient (Wildman–Crippen LogP) is 5.92. The van der Waals surface area contributed by atoms with Crippen LogP contribution in [-0.2, 0) is 23.9 Å². The topological polar surface area (TPSA) is 97.7 Å². The van der Waals surface area contributed by atoms with E-state index in [2.05, 4.69) is 0 Å². The van der Waals surface area contributed by atoms with Crippen LogP contribution < -0.4 is 0 Å². The van der Waals surface area contributed by atoms with E-state index in [1.165, 1.54) is 0 Å². The summed E-state index contributed by atoms with van der Waals surface area (Å²) in [7, 11) is 0. The highest BCUT2D eigenvalue weighted by Gasteiger charge is 2.35. The van der Waals surface area contributed by atoms with E-state index in [1.54, 1.807) is 13.8 Å². The molecule has 2 aliphatic rings. The zero-order chi connectivity index (χ0) is 25.4. The lowest BCUT2D eigenvalue weighted by Gasteiger charge is -2.22. The number of allylic oxidation sites excluding steroid dienone is 2. The van der Waals surface area contributed by atoms with Crippen molar-refractivity contribution in [3.63, 3.8) is 0 Å². The smallest absolute Gasteiger partial charge is 0.309 e. The van der Waals surface area contributed by atoms with Crippen molar-refractivity contribution in [2.45, 2.75) is 110 Å². The summed E-state index contributed by atoms with van der Waals surface area (Å²) in [6.07, 6.45) is 14.2. The van der Waals surface area contributed by atoms with Crippen LogP contribution in [0.5, 0.6) is 0 Å². The van der Waals surface area contributed by atoms with Gasteiger partial charge >= 0.3 is 5.97 Å². The first-order chi connectivity index (χ1) is 16.0. The average molecular weight is 477 g/mol. The van der Waals surface area contributed by atoms with Crippen LogP contribution in [0.2, 0.25) is 0 Å². The number of rotatable bonds is 15. The molecule has 0 aliphatic heterocycles. The maximum absolute atomic E-state index is 12.8. The number of hydrogen-bond acceptors (Lipinski definition) is 5. The van der Waals surface area contributed by atoms with Gasteiger partial charge < -0.3 is 9.84 Å². The SMILES string of the molecule is CC(C)(CCCCC1CCC(/C=C\C2CCC(CCCCC(C)(C)C(=O)O)C2=O)C1=O)OC=O. The molecule has 2 aliphatic carbocycles. The standard InChI is InChI=1S/C28H44O6/c1-27(2,26(32)33)17-7-5-9-20-11-13-22(24(20)30)15-16-23-14-12-21(25(23)31)10-6-8-18-28(3,4)34-19-29/h15-16,19-23H,5-14,17-18H2,1-4H3,(H,32,33)/b16-15-. The Morgan fingerprint density at radius 1 is 0.853 bits per heavy atom. The predicted molar refractivity (Wildman–Crippen MR) is 131 cm³/mol. The fraction of sp³-hybridized carbons (Fsp3) is 0.786. The molecule has 0 aromatic carbocycles. The molecule has 2 rings (SSSR count). The summed E-state index contributed by atoms with van der Waals surface area (Å²) in [5.41, 5.74) is -1.16. The van der Waals surface area contributed by atoms with Crippen LogP contribution in [0.1, 0.15) is 105 Å². The monoisotopic (exact) mass is 476 g/mol. The lowest BCUT2D eigenvalue weighted by Crippen LogP contribution is -2.23. The fourth-order valence-electron chi connectivity index (χ4n) is 5.35. The molecule has 34 heavy (non-hydrogen) atoms. The number of carbonyl (C=O) groups is 4. The Hall–Kier alpha value is -1.98. The molecule has 0 bridgehead atoms. The number of ether oxygens (including phenoxy) is 1. The second-order valence-corrected chi connectivity index (χ2v) is 11.6. The Bertz CT molecular complexity index is 750. The van der Waals surface area contributed by atoms with E-state index in [0.29, 0.717) is 18.7 Å². The Morgan fingerprint density at radius 2 is 1.32 bits per heavy atom. The van der Waals surface area contributed by atoms with Gasteiger partial charge in [-0.25, -0.2) is 0 Å². The summed E-state index contributed by atoms with van der Waals surface area (Å²) in [5.74, 6) is -0.142. The van der Waals surface area contributed by atoms with Crippen LogP contribution in [-0.4, -0.2) is 34.7 Å². The Labute approximate surface area is 204 Å². The van der Waals surface area contributed by atoms with Crippen molar-refractivity contribution in [2.24, 2.45) is 29.1 Å². The van der Waals surface area contributed by atoms with Gasteiger partial charge in [-0.05, 0) is 85.5 Å². The molecule has 6 heteroatoms. The Balaban J connectivity index is 1.70. The number of carboxylic acids is 1. The van der Waals surface area contributed by atoms with E-state index in [0.717, 1.165) is 70.6 Å². The molecule has 6 nitrogen and oxygen atoms in total. The van der Waals surface area contributed by atoms with E-state index in [9.17, 15) is 24.3 Å². The second kappa shape index (κ2) is 12.6. The third-order valence-corrected chi connectivity index (χ3v) is 7.90. The van der Waals surface area contributed by atoms with E-state index < -0.39 is 17.0 Å². The van der Waals surface area contributed by atoms with Gasteiger partial charge in [-0.2, -0.15) is 0 Å². The van der Waals surface area contributed by atoms with Crippen LogP contribution in [0.25, 0.3) is 0 Å². The number of hydrogen-bond donors (Lipinski definition) is 1. The average Bonchev–Trinajstić information content (AvgIpc) is 3.29. The normalized spacial score (nSPS) is 25.9. The van der Waals surface area contributed by atoms with E-state index in [4.69, 9.17) is 4.74 Å². The number of carboxylic acid groups (broad SMARTS) is 1. The minimum Gasteiger partial charge on any atom is -0.481 e. The number of Topliss-reactive ketones (excluding diaryl/α,β-unsaturated/α-hetero) is 2. The van der Waals surface area contributed by atoms with Gasteiger partial charge in [0.05, 0.1) is 5.41 Å². The number of aliphatic carboxylic acids is 1. The molecule has 1 N–H and O–H groups in total. The second-order valence-electron chi connectivity index (χ2n) is 11.6. The molecule has 4 atom stereocenters. The van der Waals surface area contributed by atoms with Crippen LogP contribution in [0.4, 0.5) is 0 Å². The third kappa shape index (κ3) is 8.35. The van der Waals surface area contributed by atoms with Gasteiger partial charge in [0.2, 0.25) is 0 Å². The zero-order valence-electron chi connectivity index (χ0n) is 21.5. The highest BCUT2D eigenvalue weighted by Crippen LogP contribution is 2.36. The molecule has 0 spiro atoms. The molecule has 0 aromatic rings. The summed E-state index contributed by atoms with van der Waals surface area (Å²) in [5, 5.41) is 9.21. The molecule has 2 fully saturated rings. The molecule has 0 saturated heterocycles. The highest BCUT2D eigenvalue weighted by atomic mass is 16.5. The maximum atomic E-state index is 12.8. The van der Waals surface area contributed by atoms with Crippen molar-refractivity contribution in [1.29, 1.82) is 0 Å². The van der Waals surface area contributed by atoms with Gasteiger partial charge in [0.15, 0.2) is 0 Å². The van der Waals surface area contributed by atoms with Crippen LogP contribution in [0.15, 0.2) is 12.2 Å². The molecule has 192 valence electrons. The third-order valence-electron chi connectivity index (χ3n) is 7.90. The maximum Gasteiger partial charge on any atom is 0.309 e. The van der Waals surface area contributed by atoms with Gasteiger partial charge in [-0.3, -0.25) is 19.2 Å². The van der Waals surface area contributed by atoms with Gasteiger partial charge in [-0.1, -0.05) is 31.4 Å². The molecular weight excluding hydrogens is 432 g/mol. The van der Waals surface area contributed by atoms with Crippen molar-refractivity contribution in [3.05, 3.63) is 12.2 Å². The van der Waals surface area contributed by atoms with Crippen LogP contribution in [0.3, 0.4) is 0 Å². The van der Waals surface area contributed by atoms with Crippen LogP contribution >= 0.6 is 0 Å². The fourth-order valence-corrected chi connectivity index (χ4v) is 5.35. The number of unbranched alkanes of at least 4 members (excludes halogenated alkanes) is 2. The van der Waals surface area contributed by atoms with Crippen molar-refractivity contribution < 1.29 is 29.0 Å². The quantitative estimate of drug-likeness (QED) is 0.179. The van der Waals surface area contributed by atoms with Gasteiger partial charge in [-0.15, -0.1) is 0 Å². The first-order valence-electron chi connectivity index (χ1n) is 13.1. The minimum absolute atomic E-state index is 0.0649. The van der Waals surface area contributed by atoms with Crippen molar-refractivity contribution in [1.82, 2.24) is 0 Å². The molecule has 0 heterocycles. The van der Waals surface area contributed by atoms with Crippen LogP contribution in [0, 0.1) is 29.1 Å². The van der Waals surface area contributed by atoms with E-state index >= 15 is 0 Å². The molecule has 0 amide bonds. The van der Waals surface area contributed by atoms with Gasteiger partial charge in [0, 0.05) is 23.7 Å². The number of ketones is 2. The lowest BCUT2D eigenvalue weighted by atomic mass is 9.86. The summed E-state index contributed by atoms with van der Waals surface area (Å²) in [6, 6.07) is 0. The molecular formula is C28H44O6. The lowest BCUT2D eigenvalue weighted by molar-refractivity contribution is -0.147. The Morgan fingerprint density at radius 3 is 1.76 bits per heavy atom. The van der Waals surface area contributed by atoms with Crippen molar-refractivity contribution in [2.75, 3.05) is 0 Å². The first kappa shape index (κ1) is 28.3. The summed E-state index contributed by atoms with van der Waals surface area (Å²) < 4.78 is 5.08. The van der Waals surface area contributed by atoms with Gasteiger partial charge in [0.25, 0.3) is 6.47 Å². The van der Waals surface area contributed by atoms with E-state index in [-0.39, 0.29) is 29.5 Å². The Kier molecular flexibility index (Phi) is 10.5. The van der Waals surface area contributed by atoms with Crippen molar-refractivity contribution >= 4 is 24.0 Å². The molecule has 0 radical (unpaired) electrons. The summed E-state index contributed by atoms with van der Waals surface area (Å²) in [4.78, 5) is 47.3. The molecule has 0 aromatic heterocycles. The van der Waals surface area contributed by atoms with Crippen molar-refractivity contribution in [3.8, 4) is 0 Å². The minimum atomic E-state index is -0.772. The molecule has 2 saturated carbocycles.